The number of carbonyl (C=O) groups is 1. The number of anilines is 1. The van der Waals surface area contributed by atoms with E-state index < -0.39 is 0 Å². The number of carbonyl (C=O) groups excluding carboxylic acids is 1. The second kappa shape index (κ2) is 6.68. The molecule has 0 saturated heterocycles. The number of benzene rings is 1. The number of rotatable bonds is 5. The number of nitrogens with zero attached hydrogens (tertiary/aromatic N) is 2. The average molecular weight is 271 g/mol. The van der Waals surface area contributed by atoms with Gasteiger partial charge >= 0.3 is 0 Å². The van der Waals surface area contributed by atoms with Crippen LogP contribution in [0.5, 0.6) is 5.75 Å². The first-order chi connectivity index (χ1) is 9.70. The van der Waals surface area contributed by atoms with E-state index in [1.807, 2.05) is 18.2 Å². The summed E-state index contributed by atoms with van der Waals surface area (Å²) < 4.78 is 5.45. The molecule has 0 atom stereocenters. The zero-order chi connectivity index (χ0) is 14.4. The average Bonchev–Trinajstić information content (AvgIpc) is 2.53. The SMILES string of the molecule is CN(C(=O)COc1ccc(CN)cc1)c1ccccn1. The molecule has 5 heteroatoms. The van der Waals surface area contributed by atoms with Crippen molar-refractivity contribution in [2.75, 3.05) is 18.6 Å². The molecule has 1 aromatic carbocycles. The number of likely N-dealkylation sites (N-methyl/N-ethyl adjacent to an activating group) is 1. The maximum absolute atomic E-state index is 12.0. The highest BCUT2D eigenvalue weighted by atomic mass is 16.5. The van der Waals surface area contributed by atoms with Crippen LogP contribution in [0, 0.1) is 0 Å². The number of amides is 1. The first-order valence-corrected chi connectivity index (χ1v) is 6.30. The zero-order valence-corrected chi connectivity index (χ0v) is 11.3. The van der Waals surface area contributed by atoms with Crippen molar-refractivity contribution in [3.63, 3.8) is 0 Å². The van der Waals surface area contributed by atoms with Crippen molar-refractivity contribution in [3.05, 3.63) is 54.2 Å². The molecule has 0 radical (unpaired) electrons. The first kappa shape index (κ1) is 14.0. The fourth-order valence-electron chi connectivity index (χ4n) is 1.64. The van der Waals surface area contributed by atoms with Gasteiger partial charge in [-0.3, -0.25) is 9.69 Å². The van der Waals surface area contributed by atoms with Crippen molar-refractivity contribution in [2.45, 2.75) is 6.54 Å². The Hall–Kier alpha value is -2.40. The topological polar surface area (TPSA) is 68.5 Å². The van der Waals surface area contributed by atoms with E-state index in [4.69, 9.17) is 10.5 Å². The lowest BCUT2D eigenvalue weighted by Crippen LogP contribution is -2.31. The second-order valence-electron chi connectivity index (χ2n) is 4.28. The summed E-state index contributed by atoms with van der Waals surface area (Å²) in [4.78, 5) is 17.6. The molecule has 2 rings (SSSR count). The van der Waals surface area contributed by atoms with Gasteiger partial charge in [0.15, 0.2) is 6.61 Å². The number of aromatic nitrogens is 1. The fourth-order valence-corrected chi connectivity index (χ4v) is 1.64. The van der Waals surface area contributed by atoms with E-state index in [9.17, 15) is 4.79 Å². The van der Waals surface area contributed by atoms with Gasteiger partial charge in [-0.25, -0.2) is 4.98 Å². The molecule has 0 saturated carbocycles. The van der Waals surface area contributed by atoms with Crippen LogP contribution in [0.3, 0.4) is 0 Å². The summed E-state index contributed by atoms with van der Waals surface area (Å²) in [5.41, 5.74) is 6.54. The quantitative estimate of drug-likeness (QED) is 0.896. The number of hydrogen-bond acceptors (Lipinski definition) is 4. The number of nitrogens with two attached hydrogens (primary N) is 1. The summed E-state index contributed by atoms with van der Waals surface area (Å²) in [6.07, 6.45) is 1.64. The van der Waals surface area contributed by atoms with Crippen LogP contribution in [-0.2, 0) is 11.3 Å². The van der Waals surface area contributed by atoms with Crippen molar-refractivity contribution in [2.24, 2.45) is 5.73 Å². The Morgan fingerprint density at radius 1 is 1.25 bits per heavy atom. The molecule has 5 nitrogen and oxygen atoms in total. The van der Waals surface area contributed by atoms with Crippen LogP contribution in [0.25, 0.3) is 0 Å². The third-order valence-corrected chi connectivity index (χ3v) is 2.89. The third kappa shape index (κ3) is 3.55. The maximum atomic E-state index is 12.0. The standard InChI is InChI=1S/C15H17N3O2/c1-18(14-4-2-3-9-17-14)15(19)11-20-13-7-5-12(10-16)6-8-13/h2-9H,10-11,16H2,1H3. The number of hydrogen-bond donors (Lipinski definition) is 1. The smallest absolute Gasteiger partial charge is 0.265 e. The van der Waals surface area contributed by atoms with Crippen molar-refractivity contribution in [1.29, 1.82) is 0 Å². The zero-order valence-electron chi connectivity index (χ0n) is 11.3. The predicted octanol–water partition coefficient (Wildman–Crippen LogP) is 1.58. The lowest BCUT2D eigenvalue weighted by atomic mass is 10.2. The molecular formula is C15H17N3O2. The highest BCUT2D eigenvalue weighted by molar-refractivity contribution is 5.92. The highest BCUT2D eigenvalue weighted by Gasteiger charge is 2.12. The molecule has 0 bridgehead atoms. The Morgan fingerprint density at radius 3 is 2.60 bits per heavy atom. The van der Waals surface area contributed by atoms with Gasteiger partial charge in [0.25, 0.3) is 5.91 Å². The van der Waals surface area contributed by atoms with Crippen LogP contribution in [0.1, 0.15) is 5.56 Å². The van der Waals surface area contributed by atoms with E-state index in [0.29, 0.717) is 18.1 Å². The van der Waals surface area contributed by atoms with Gasteiger partial charge in [0.1, 0.15) is 11.6 Å². The number of pyridine rings is 1. The summed E-state index contributed by atoms with van der Waals surface area (Å²) in [5, 5.41) is 0. The van der Waals surface area contributed by atoms with Gasteiger partial charge < -0.3 is 10.5 Å². The predicted molar refractivity (Wildman–Crippen MR) is 77.5 cm³/mol. The van der Waals surface area contributed by atoms with E-state index in [0.717, 1.165) is 5.56 Å². The molecule has 104 valence electrons. The van der Waals surface area contributed by atoms with Crippen LogP contribution in [-0.4, -0.2) is 24.5 Å². The van der Waals surface area contributed by atoms with E-state index in [-0.39, 0.29) is 12.5 Å². The van der Waals surface area contributed by atoms with Gasteiger partial charge in [-0.15, -0.1) is 0 Å². The Labute approximate surface area is 118 Å². The molecule has 2 N–H and O–H groups in total. The van der Waals surface area contributed by atoms with Gasteiger partial charge in [0, 0.05) is 19.8 Å². The van der Waals surface area contributed by atoms with Crippen LogP contribution >= 0.6 is 0 Å². The molecule has 0 aliphatic rings. The van der Waals surface area contributed by atoms with Gasteiger partial charge in [0.05, 0.1) is 0 Å². The Kier molecular flexibility index (Phi) is 4.68. The number of ether oxygens (including phenoxy) is 1. The van der Waals surface area contributed by atoms with E-state index in [2.05, 4.69) is 4.98 Å². The molecule has 0 aliphatic carbocycles. The van der Waals surface area contributed by atoms with Crippen molar-refractivity contribution >= 4 is 11.7 Å². The lowest BCUT2D eigenvalue weighted by molar-refractivity contribution is -0.120. The normalized spacial score (nSPS) is 10.1. The van der Waals surface area contributed by atoms with Gasteiger partial charge in [-0.2, -0.15) is 0 Å². The van der Waals surface area contributed by atoms with Crippen molar-refractivity contribution < 1.29 is 9.53 Å². The highest BCUT2D eigenvalue weighted by Crippen LogP contribution is 2.13. The summed E-state index contributed by atoms with van der Waals surface area (Å²) in [6.45, 7) is 0.455. The van der Waals surface area contributed by atoms with Gasteiger partial charge in [-0.05, 0) is 29.8 Å². The van der Waals surface area contributed by atoms with Crippen LogP contribution in [0.2, 0.25) is 0 Å². The maximum Gasteiger partial charge on any atom is 0.265 e. The van der Waals surface area contributed by atoms with E-state index >= 15 is 0 Å². The molecular weight excluding hydrogens is 254 g/mol. The summed E-state index contributed by atoms with van der Waals surface area (Å²) >= 11 is 0. The van der Waals surface area contributed by atoms with E-state index in [1.54, 1.807) is 37.5 Å². The molecule has 2 aromatic rings. The Balaban J connectivity index is 1.91. The largest absolute Gasteiger partial charge is 0.484 e. The third-order valence-electron chi connectivity index (χ3n) is 2.89. The minimum atomic E-state index is -0.161. The Bertz CT molecular complexity index is 555. The molecule has 0 fully saturated rings. The molecule has 1 amide bonds. The molecule has 0 unspecified atom stereocenters. The minimum Gasteiger partial charge on any atom is -0.484 e. The molecule has 1 aromatic heterocycles. The van der Waals surface area contributed by atoms with Crippen LogP contribution in [0.15, 0.2) is 48.7 Å². The van der Waals surface area contributed by atoms with Crippen molar-refractivity contribution in [1.82, 2.24) is 4.98 Å². The van der Waals surface area contributed by atoms with Gasteiger partial charge in [-0.1, -0.05) is 18.2 Å². The van der Waals surface area contributed by atoms with Crippen LogP contribution < -0.4 is 15.4 Å². The molecule has 0 spiro atoms. The van der Waals surface area contributed by atoms with Crippen molar-refractivity contribution in [3.8, 4) is 5.75 Å². The monoisotopic (exact) mass is 271 g/mol. The Morgan fingerprint density at radius 2 is 2.00 bits per heavy atom. The summed E-state index contributed by atoms with van der Waals surface area (Å²) in [7, 11) is 1.67. The summed E-state index contributed by atoms with van der Waals surface area (Å²) in [6, 6.07) is 12.8. The molecule has 0 aliphatic heterocycles. The fraction of sp³-hybridized carbons (Fsp3) is 0.200. The lowest BCUT2D eigenvalue weighted by Gasteiger charge is -2.16. The first-order valence-electron chi connectivity index (χ1n) is 6.30. The molecule has 20 heavy (non-hydrogen) atoms. The summed E-state index contributed by atoms with van der Waals surface area (Å²) in [5.74, 6) is 1.08. The van der Waals surface area contributed by atoms with Crippen LogP contribution in [0.4, 0.5) is 5.82 Å². The van der Waals surface area contributed by atoms with Gasteiger partial charge in [0.2, 0.25) is 0 Å². The molecule has 1 heterocycles. The minimum absolute atomic E-state index is 0.0327. The van der Waals surface area contributed by atoms with E-state index in [1.165, 1.54) is 4.90 Å². The second-order valence-corrected chi connectivity index (χ2v) is 4.28.